The van der Waals surface area contributed by atoms with Crippen LogP contribution in [0, 0.1) is 17.5 Å². The van der Waals surface area contributed by atoms with Crippen molar-refractivity contribution in [2.75, 3.05) is 5.32 Å². The fraction of sp³-hybridized carbons (Fsp3) is 0.143. The van der Waals surface area contributed by atoms with Gasteiger partial charge in [-0.2, -0.15) is 13.2 Å². The molecule has 2 rings (SSSR count). The normalized spacial score (nSPS) is 11.5. The summed E-state index contributed by atoms with van der Waals surface area (Å²) < 4.78 is 77.0. The molecule has 112 valence electrons. The Labute approximate surface area is 116 Å². The number of benzene rings is 2. The van der Waals surface area contributed by atoms with Gasteiger partial charge in [0.25, 0.3) is 0 Å². The molecule has 0 aliphatic rings. The van der Waals surface area contributed by atoms with Gasteiger partial charge in [0, 0.05) is 24.4 Å². The highest BCUT2D eigenvalue weighted by atomic mass is 19.4. The molecule has 7 heteroatoms. The standard InChI is InChI=1S/C14H9F6N/c15-11-5-9(6-12(16)13(11)17)21-7-8-3-1-2-4-10(8)14(18,19)20/h1-6,21H,7H2. The summed E-state index contributed by atoms with van der Waals surface area (Å²) >= 11 is 0. The number of hydrogen-bond acceptors (Lipinski definition) is 1. The number of hydrogen-bond donors (Lipinski definition) is 1. The number of halogens is 6. The Kier molecular flexibility index (Phi) is 4.11. The maximum Gasteiger partial charge on any atom is 0.416 e. The van der Waals surface area contributed by atoms with Crippen LogP contribution in [0.25, 0.3) is 0 Å². The Morgan fingerprint density at radius 1 is 0.905 bits per heavy atom. The van der Waals surface area contributed by atoms with Gasteiger partial charge in [-0.25, -0.2) is 13.2 Å². The van der Waals surface area contributed by atoms with Gasteiger partial charge in [0.15, 0.2) is 17.5 Å². The molecule has 21 heavy (non-hydrogen) atoms. The summed E-state index contributed by atoms with van der Waals surface area (Å²) in [7, 11) is 0. The van der Waals surface area contributed by atoms with E-state index < -0.39 is 29.2 Å². The van der Waals surface area contributed by atoms with Crippen molar-refractivity contribution in [3.8, 4) is 0 Å². The third kappa shape index (κ3) is 3.48. The van der Waals surface area contributed by atoms with E-state index in [4.69, 9.17) is 0 Å². The van der Waals surface area contributed by atoms with Crippen LogP contribution in [0.2, 0.25) is 0 Å². The largest absolute Gasteiger partial charge is 0.416 e. The number of rotatable bonds is 3. The average molecular weight is 305 g/mol. The first-order chi connectivity index (χ1) is 9.79. The van der Waals surface area contributed by atoms with Gasteiger partial charge in [-0.1, -0.05) is 18.2 Å². The monoisotopic (exact) mass is 305 g/mol. The molecule has 2 aromatic rings. The minimum Gasteiger partial charge on any atom is -0.381 e. The minimum absolute atomic E-state index is 0.0878. The van der Waals surface area contributed by atoms with E-state index in [1.54, 1.807) is 0 Å². The highest BCUT2D eigenvalue weighted by molar-refractivity contribution is 5.45. The number of alkyl halides is 3. The predicted molar refractivity (Wildman–Crippen MR) is 65.1 cm³/mol. The van der Waals surface area contributed by atoms with Crippen molar-refractivity contribution in [2.45, 2.75) is 12.7 Å². The lowest BCUT2D eigenvalue weighted by molar-refractivity contribution is -0.138. The Bertz CT molecular complexity index is 627. The van der Waals surface area contributed by atoms with Crippen molar-refractivity contribution < 1.29 is 26.3 Å². The number of nitrogens with one attached hydrogen (secondary N) is 1. The zero-order chi connectivity index (χ0) is 15.6. The zero-order valence-electron chi connectivity index (χ0n) is 10.4. The van der Waals surface area contributed by atoms with E-state index in [0.29, 0.717) is 12.1 Å². The summed E-state index contributed by atoms with van der Waals surface area (Å²) in [5.74, 6) is -4.46. The van der Waals surface area contributed by atoms with Crippen LogP contribution in [0.3, 0.4) is 0 Å². The highest BCUT2D eigenvalue weighted by Gasteiger charge is 2.32. The van der Waals surface area contributed by atoms with Crippen molar-refractivity contribution in [3.63, 3.8) is 0 Å². The summed E-state index contributed by atoms with van der Waals surface area (Å²) in [6, 6.07) is 6.15. The predicted octanol–water partition coefficient (Wildman–Crippen LogP) is 4.73. The van der Waals surface area contributed by atoms with Gasteiger partial charge in [0.1, 0.15) is 0 Å². The van der Waals surface area contributed by atoms with Gasteiger partial charge in [0.2, 0.25) is 0 Å². The molecule has 1 nitrogen and oxygen atoms in total. The Morgan fingerprint density at radius 2 is 1.48 bits per heavy atom. The van der Waals surface area contributed by atoms with Crippen molar-refractivity contribution >= 4 is 5.69 Å². The molecule has 2 aromatic carbocycles. The Hall–Kier alpha value is -2.18. The van der Waals surface area contributed by atoms with E-state index in [9.17, 15) is 26.3 Å². The molecule has 0 heterocycles. The summed E-state index contributed by atoms with van der Waals surface area (Å²) in [5.41, 5.74) is -1.08. The first-order valence-corrected chi connectivity index (χ1v) is 5.82. The molecule has 0 fully saturated rings. The third-order valence-corrected chi connectivity index (χ3v) is 2.79. The van der Waals surface area contributed by atoms with E-state index in [0.717, 1.165) is 6.07 Å². The maximum atomic E-state index is 13.0. The zero-order valence-corrected chi connectivity index (χ0v) is 10.4. The lowest BCUT2D eigenvalue weighted by atomic mass is 10.1. The molecule has 0 spiro atoms. The molecule has 0 aromatic heterocycles. The fourth-order valence-corrected chi connectivity index (χ4v) is 1.81. The average Bonchev–Trinajstić information content (AvgIpc) is 2.41. The Balaban J connectivity index is 2.21. The van der Waals surface area contributed by atoms with Crippen molar-refractivity contribution in [2.24, 2.45) is 0 Å². The van der Waals surface area contributed by atoms with E-state index in [-0.39, 0.29) is 17.8 Å². The second-order valence-corrected chi connectivity index (χ2v) is 4.26. The molecule has 0 amide bonds. The molecule has 0 radical (unpaired) electrons. The molecule has 0 aliphatic carbocycles. The van der Waals surface area contributed by atoms with E-state index in [2.05, 4.69) is 5.32 Å². The molecule has 0 bridgehead atoms. The van der Waals surface area contributed by atoms with Gasteiger partial charge in [-0.15, -0.1) is 0 Å². The van der Waals surface area contributed by atoms with Crippen LogP contribution >= 0.6 is 0 Å². The first-order valence-electron chi connectivity index (χ1n) is 5.82. The Morgan fingerprint density at radius 3 is 2.05 bits per heavy atom. The lowest BCUT2D eigenvalue weighted by Crippen LogP contribution is -2.12. The number of anilines is 1. The molecule has 0 saturated heterocycles. The smallest absolute Gasteiger partial charge is 0.381 e. The highest BCUT2D eigenvalue weighted by Crippen LogP contribution is 2.32. The summed E-state index contributed by atoms with van der Waals surface area (Å²) in [6.07, 6.45) is -4.53. The molecule has 1 N–H and O–H groups in total. The topological polar surface area (TPSA) is 12.0 Å². The molecular formula is C14H9F6N. The second-order valence-electron chi connectivity index (χ2n) is 4.26. The molecular weight excluding hydrogens is 296 g/mol. The SMILES string of the molecule is Fc1cc(NCc2ccccc2C(F)(F)F)cc(F)c1F. The van der Waals surface area contributed by atoms with Gasteiger partial charge in [-0.3, -0.25) is 0 Å². The van der Waals surface area contributed by atoms with Crippen molar-refractivity contribution in [1.29, 1.82) is 0 Å². The minimum atomic E-state index is -4.53. The molecule has 0 saturated carbocycles. The molecule has 0 atom stereocenters. The van der Waals surface area contributed by atoms with Crippen LogP contribution in [-0.4, -0.2) is 0 Å². The van der Waals surface area contributed by atoms with Crippen LogP contribution < -0.4 is 5.32 Å². The van der Waals surface area contributed by atoms with E-state index >= 15 is 0 Å². The van der Waals surface area contributed by atoms with Gasteiger partial charge >= 0.3 is 6.18 Å². The first kappa shape index (κ1) is 15.2. The van der Waals surface area contributed by atoms with Crippen molar-refractivity contribution in [1.82, 2.24) is 0 Å². The van der Waals surface area contributed by atoms with Crippen LogP contribution in [0.5, 0.6) is 0 Å². The lowest BCUT2D eigenvalue weighted by Gasteiger charge is -2.14. The quantitative estimate of drug-likeness (QED) is 0.638. The second kappa shape index (κ2) is 5.67. The molecule has 0 unspecified atom stereocenters. The van der Waals surface area contributed by atoms with E-state index in [1.807, 2.05) is 0 Å². The van der Waals surface area contributed by atoms with Crippen LogP contribution in [0.15, 0.2) is 36.4 Å². The van der Waals surface area contributed by atoms with Crippen molar-refractivity contribution in [3.05, 3.63) is 65.0 Å². The van der Waals surface area contributed by atoms with E-state index in [1.165, 1.54) is 18.2 Å². The summed E-state index contributed by atoms with van der Waals surface area (Å²) in [6.45, 7) is -0.305. The van der Waals surface area contributed by atoms with Gasteiger partial charge in [-0.05, 0) is 11.6 Å². The van der Waals surface area contributed by atoms with Crippen LogP contribution in [0.1, 0.15) is 11.1 Å². The van der Waals surface area contributed by atoms with Crippen LogP contribution in [0.4, 0.5) is 32.0 Å². The summed E-state index contributed by atoms with van der Waals surface area (Å²) in [4.78, 5) is 0. The molecule has 0 aliphatic heterocycles. The van der Waals surface area contributed by atoms with Gasteiger partial charge in [0.05, 0.1) is 5.56 Å². The van der Waals surface area contributed by atoms with Crippen LogP contribution in [-0.2, 0) is 12.7 Å². The summed E-state index contributed by atoms with van der Waals surface area (Å²) in [5, 5.41) is 2.44. The third-order valence-electron chi connectivity index (χ3n) is 2.79. The fourth-order valence-electron chi connectivity index (χ4n) is 1.81. The maximum absolute atomic E-state index is 13.0. The van der Waals surface area contributed by atoms with Gasteiger partial charge < -0.3 is 5.32 Å².